The SMILES string of the molecule is CCNc1cc(C(=O)NCc2cnn(C)c2C)cc(Cl)n1. The molecule has 0 aliphatic heterocycles. The standard InChI is InChI=1S/C14H18ClN5O/c1-4-16-13-6-10(5-12(15)19-13)14(21)17-7-11-8-18-20(3)9(11)2/h5-6,8H,4,7H2,1-3H3,(H,16,19)(H,17,21). The monoisotopic (exact) mass is 307 g/mol. The first-order valence-electron chi connectivity index (χ1n) is 6.68. The van der Waals surface area contributed by atoms with Gasteiger partial charge in [-0.3, -0.25) is 9.48 Å². The van der Waals surface area contributed by atoms with Crippen LogP contribution in [0.3, 0.4) is 0 Å². The van der Waals surface area contributed by atoms with Gasteiger partial charge < -0.3 is 10.6 Å². The van der Waals surface area contributed by atoms with Crippen LogP contribution in [0, 0.1) is 6.92 Å². The minimum Gasteiger partial charge on any atom is -0.370 e. The smallest absolute Gasteiger partial charge is 0.251 e. The molecule has 0 unspecified atom stereocenters. The summed E-state index contributed by atoms with van der Waals surface area (Å²) in [6.45, 7) is 5.05. The van der Waals surface area contributed by atoms with E-state index in [0.717, 1.165) is 11.3 Å². The summed E-state index contributed by atoms with van der Waals surface area (Å²) >= 11 is 5.93. The molecular weight excluding hydrogens is 290 g/mol. The summed E-state index contributed by atoms with van der Waals surface area (Å²) in [7, 11) is 1.87. The zero-order valence-electron chi connectivity index (χ0n) is 12.3. The van der Waals surface area contributed by atoms with Crippen LogP contribution in [0.2, 0.25) is 5.15 Å². The Balaban J connectivity index is 2.08. The Hall–Kier alpha value is -2.08. The first kappa shape index (κ1) is 15.3. The Kier molecular flexibility index (Phi) is 4.80. The van der Waals surface area contributed by atoms with E-state index >= 15 is 0 Å². The molecule has 6 nitrogen and oxygen atoms in total. The minimum absolute atomic E-state index is 0.193. The van der Waals surface area contributed by atoms with Gasteiger partial charge in [-0.25, -0.2) is 4.98 Å². The summed E-state index contributed by atoms with van der Waals surface area (Å²) in [6, 6.07) is 3.23. The van der Waals surface area contributed by atoms with Gasteiger partial charge in [0, 0.05) is 37.0 Å². The number of aromatic nitrogens is 3. The summed E-state index contributed by atoms with van der Waals surface area (Å²) in [6.07, 6.45) is 1.75. The molecule has 2 N–H and O–H groups in total. The number of carbonyl (C=O) groups is 1. The fraction of sp³-hybridized carbons (Fsp3) is 0.357. The number of rotatable bonds is 5. The number of anilines is 1. The summed E-state index contributed by atoms with van der Waals surface area (Å²) in [5.74, 6) is 0.398. The molecule has 112 valence electrons. The molecule has 0 atom stereocenters. The Labute approximate surface area is 128 Å². The third kappa shape index (κ3) is 3.72. The quantitative estimate of drug-likeness (QED) is 0.830. The molecule has 0 aliphatic rings. The highest BCUT2D eigenvalue weighted by molar-refractivity contribution is 6.29. The summed E-state index contributed by atoms with van der Waals surface area (Å²) in [5.41, 5.74) is 2.49. The maximum atomic E-state index is 12.2. The number of pyridine rings is 1. The molecule has 2 rings (SSSR count). The lowest BCUT2D eigenvalue weighted by Crippen LogP contribution is -2.23. The fourth-order valence-corrected chi connectivity index (χ4v) is 2.10. The van der Waals surface area contributed by atoms with Crippen LogP contribution in [0.4, 0.5) is 5.82 Å². The predicted molar refractivity (Wildman–Crippen MR) is 82.5 cm³/mol. The van der Waals surface area contributed by atoms with Crippen molar-refractivity contribution in [3.63, 3.8) is 0 Å². The van der Waals surface area contributed by atoms with Gasteiger partial charge in [0.2, 0.25) is 0 Å². The third-order valence-corrected chi connectivity index (χ3v) is 3.38. The maximum Gasteiger partial charge on any atom is 0.251 e. The van der Waals surface area contributed by atoms with Crippen LogP contribution < -0.4 is 10.6 Å². The number of nitrogens with zero attached hydrogens (tertiary/aromatic N) is 3. The number of hydrogen-bond donors (Lipinski definition) is 2. The Morgan fingerprint density at radius 1 is 1.43 bits per heavy atom. The van der Waals surface area contributed by atoms with Gasteiger partial charge in [-0.05, 0) is 26.0 Å². The second-order valence-corrected chi connectivity index (χ2v) is 5.04. The Bertz CT molecular complexity index is 653. The predicted octanol–water partition coefficient (Wildman–Crippen LogP) is 2.14. The van der Waals surface area contributed by atoms with Crippen LogP contribution in [0.5, 0.6) is 0 Å². The van der Waals surface area contributed by atoms with Crippen molar-refractivity contribution in [2.45, 2.75) is 20.4 Å². The van der Waals surface area contributed by atoms with Gasteiger partial charge in [-0.2, -0.15) is 5.10 Å². The van der Waals surface area contributed by atoms with E-state index in [1.807, 2.05) is 20.9 Å². The van der Waals surface area contributed by atoms with Crippen molar-refractivity contribution in [2.24, 2.45) is 7.05 Å². The molecule has 0 radical (unpaired) electrons. The Morgan fingerprint density at radius 3 is 2.81 bits per heavy atom. The van der Waals surface area contributed by atoms with Crippen molar-refractivity contribution in [3.05, 3.63) is 40.3 Å². The number of aryl methyl sites for hydroxylation is 1. The molecule has 0 saturated heterocycles. The van der Waals surface area contributed by atoms with Crippen molar-refractivity contribution in [1.29, 1.82) is 0 Å². The lowest BCUT2D eigenvalue weighted by Gasteiger charge is -2.08. The van der Waals surface area contributed by atoms with Crippen molar-refractivity contribution in [1.82, 2.24) is 20.1 Å². The molecule has 0 fully saturated rings. The molecule has 2 aromatic heterocycles. The van der Waals surface area contributed by atoms with Crippen LogP contribution in [0.1, 0.15) is 28.5 Å². The summed E-state index contributed by atoms with van der Waals surface area (Å²) in [4.78, 5) is 16.3. The molecule has 2 heterocycles. The maximum absolute atomic E-state index is 12.2. The van der Waals surface area contributed by atoms with E-state index < -0.39 is 0 Å². The van der Waals surface area contributed by atoms with E-state index in [1.165, 1.54) is 0 Å². The minimum atomic E-state index is -0.193. The van der Waals surface area contributed by atoms with Gasteiger partial charge in [-0.15, -0.1) is 0 Å². The molecule has 21 heavy (non-hydrogen) atoms. The first-order valence-corrected chi connectivity index (χ1v) is 7.06. The number of hydrogen-bond acceptors (Lipinski definition) is 4. The van der Waals surface area contributed by atoms with Crippen LogP contribution in [-0.2, 0) is 13.6 Å². The molecule has 0 bridgehead atoms. The van der Waals surface area contributed by atoms with Gasteiger partial charge >= 0.3 is 0 Å². The third-order valence-electron chi connectivity index (χ3n) is 3.19. The topological polar surface area (TPSA) is 71.8 Å². The van der Waals surface area contributed by atoms with Gasteiger partial charge in [0.15, 0.2) is 0 Å². The molecular formula is C14H18ClN5O. The summed E-state index contributed by atoms with van der Waals surface area (Å²) in [5, 5.41) is 10.3. The van der Waals surface area contributed by atoms with Gasteiger partial charge in [-0.1, -0.05) is 11.6 Å². The number of nitrogens with one attached hydrogen (secondary N) is 2. The van der Waals surface area contributed by atoms with E-state index in [1.54, 1.807) is 23.0 Å². The number of amides is 1. The van der Waals surface area contributed by atoms with Crippen molar-refractivity contribution in [2.75, 3.05) is 11.9 Å². The van der Waals surface area contributed by atoms with Crippen molar-refractivity contribution >= 4 is 23.3 Å². The Morgan fingerprint density at radius 2 is 2.19 bits per heavy atom. The van der Waals surface area contributed by atoms with E-state index in [0.29, 0.717) is 24.5 Å². The van der Waals surface area contributed by atoms with Crippen molar-refractivity contribution < 1.29 is 4.79 Å². The number of carbonyl (C=O) groups excluding carboxylic acids is 1. The van der Waals surface area contributed by atoms with Crippen molar-refractivity contribution in [3.8, 4) is 0 Å². The molecule has 7 heteroatoms. The van der Waals surface area contributed by atoms with Crippen LogP contribution in [0.15, 0.2) is 18.3 Å². The normalized spacial score (nSPS) is 10.5. The highest BCUT2D eigenvalue weighted by Crippen LogP contribution is 2.15. The number of halogens is 1. The first-order chi connectivity index (χ1) is 10.0. The molecule has 0 aliphatic carbocycles. The van der Waals surface area contributed by atoms with E-state index in [2.05, 4.69) is 20.7 Å². The van der Waals surface area contributed by atoms with Crippen LogP contribution in [-0.4, -0.2) is 27.2 Å². The zero-order valence-corrected chi connectivity index (χ0v) is 13.0. The van der Waals surface area contributed by atoms with Gasteiger partial charge in [0.1, 0.15) is 11.0 Å². The highest BCUT2D eigenvalue weighted by atomic mass is 35.5. The van der Waals surface area contributed by atoms with E-state index in [4.69, 9.17) is 11.6 Å². The molecule has 0 aromatic carbocycles. The highest BCUT2D eigenvalue weighted by Gasteiger charge is 2.10. The summed E-state index contributed by atoms with van der Waals surface area (Å²) < 4.78 is 1.77. The largest absolute Gasteiger partial charge is 0.370 e. The van der Waals surface area contributed by atoms with E-state index in [9.17, 15) is 4.79 Å². The second-order valence-electron chi connectivity index (χ2n) is 4.66. The second kappa shape index (κ2) is 6.58. The van der Waals surface area contributed by atoms with Gasteiger partial charge in [0.05, 0.1) is 6.20 Å². The fourth-order valence-electron chi connectivity index (χ4n) is 1.89. The molecule has 0 spiro atoms. The van der Waals surface area contributed by atoms with Crippen LogP contribution in [0.25, 0.3) is 0 Å². The molecule has 2 aromatic rings. The van der Waals surface area contributed by atoms with E-state index in [-0.39, 0.29) is 11.1 Å². The average Bonchev–Trinajstić information content (AvgIpc) is 2.76. The average molecular weight is 308 g/mol. The van der Waals surface area contributed by atoms with Crippen LogP contribution >= 0.6 is 11.6 Å². The lowest BCUT2D eigenvalue weighted by molar-refractivity contribution is 0.0951. The molecule has 1 amide bonds. The lowest BCUT2D eigenvalue weighted by atomic mass is 10.2. The zero-order chi connectivity index (χ0) is 15.4. The molecule has 0 saturated carbocycles. The van der Waals surface area contributed by atoms with Gasteiger partial charge in [0.25, 0.3) is 5.91 Å².